The number of nitrogens with zero attached hydrogens (tertiary/aromatic N) is 2. The Morgan fingerprint density at radius 1 is 1.38 bits per heavy atom. The highest BCUT2D eigenvalue weighted by Gasteiger charge is 2.13. The van der Waals surface area contributed by atoms with Crippen LogP contribution in [0.1, 0.15) is 24.9 Å². The van der Waals surface area contributed by atoms with Crippen molar-refractivity contribution >= 4 is 11.5 Å². The number of anilines is 2. The summed E-state index contributed by atoms with van der Waals surface area (Å²) in [5.74, 6) is 2.19. The molecule has 0 amide bonds. The number of furan rings is 1. The van der Waals surface area contributed by atoms with Crippen LogP contribution in [0.5, 0.6) is 5.88 Å². The van der Waals surface area contributed by atoms with E-state index in [1.165, 1.54) is 0 Å². The van der Waals surface area contributed by atoms with Gasteiger partial charge in [-0.25, -0.2) is 4.98 Å². The fraction of sp³-hybridized carbons (Fsp3) is 0.429. The van der Waals surface area contributed by atoms with Crippen molar-refractivity contribution in [3.8, 4) is 5.88 Å². The van der Waals surface area contributed by atoms with Gasteiger partial charge in [-0.2, -0.15) is 4.98 Å². The van der Waals surface area contributed by atoms with Gasteiger partial charge in [-0.3, -0.25) is 0 Å². The van der Waals surface area contributed by atoms with Gasteiger partial charge in [0, 0.05) is 7.11 Å². The second-order valence-corrected chi connectivity index (χ2v) is 4.42. The average Bonchev–Trinajstić information content (AvgIpc) is 2.99. The molecule has 0 spiro atoms. The molecule has 0 saturated heterocycles. The maximum Gasteiger partial charge on any atom is 0.242 e. The summed E-state index contributed by atoms with van der Waals surface area (Å²) < 4.78 is 15.9. The molecule has 114 valence electrons. The molecule has 0 radical (unpaired) electrons. The van der Waals surface area contributed by atoms with Gasteiger partial charge in [-0.05, 0) is 18.6 Å². The SMILES string of the molecule is CCCOc1nc(COC)nc(NCc2ccco2)c1N. The first kappa shape index (κ1) is 15.1. The minimum Gasteiger partial charge on any atom is -0.476 e. The minimum atomic E-state index is 0.290. The topological polar surface area (TPSA) is 95.4 Å². The molecule has 2 rings (SSSR count). The Kier molecular flexibility index (Phi) is 5.39. The number of nitrogens with two attached hydrogens (primary N) is 1. The van der Waals surface area contributed by atoms with Gasteiger partial charge in [-0.1, -0.05) is 6.92 Å². The molecule has 0 aliphatic rings. The number of ether oxygens (including phenoxy) is 2. The quantitative estimate of drug-likeness (QED) is 0.770. The standard InChI is InChI=1S/C14H20N4O3/c1-3-6-21-14-12(15)13(17-11(18-14)9-19-2)16-8-10-5-4-7-20-10/h4-5,7H,3,6,8-9,15H2,1-2H3,(H,16,17,18). The van der Waals surface area contributed by atoms with Crippen LogP contribution >= 0.6 is 0 Å². The van der Waals surface area contributed by atoms with Crippen LogP contribution in [-0.2, 0) is 17.9 Å². The van der Waals surface area contributed by atoms with Gasteiger partial charge in [-0.15, -0.1) is 0 Å². The van der Waals surface area contributed by atoms with Gasteiger partial charge in [0.2, 0.25) is 5.88 Å². The maximum atomic E-state index is 6.04. The maximum absolute atomic E-state index is 6.04. The lowest BCUT2D eigenvalue weighted by Gasteiger charge is -2.13. The fourth-order valence-corrected chi connectivity index (χ4v) is 1.71. The van der Waals surface area contributed by atoms with E-state index in [4.69, 9.17) is 19.6 Å². The summed E-state index contributed by atoms with van der Waals surface area (Å²) in [5.41, 5.74) is 6.43. The zero-order chi connectivity index (χ0) is 15.1. The van der Waals surface area contributed by atoms with Crippen molar-refractivity contribution in [1.82, 2.24) is 9.97 Å². The summed E-state index contributed by atoms with van der Waals surface area (Å²) in [6.07, 6.45) is 2.49. The third kappa shape index (κ3) is 4.09. The summed E-state index contributed by atoms with van der Waals surface area (Å²) >= 11 is 0. The zero-order valence-electron chi connectivity index (χ0n) is 12.3. The Morgan fingerprint density at radius 3 is 2.90 bits per heavy atom. The van der Waals surface area contributed by atoms with Crippen molar-refractivity contribution in [3.05, 3.63) is 30.0 Å². The van der Waals surface area contributed by atoms with E-state index in [0.717, 1.165) is 12.2 Å². The smallest absolute Gasteiger partial charge is 0.242 e. The average molecular weight is 292 g/mol. The first-order valence-electron chi connectivity index (χ1n) is 6.79. The molecule has 0 aromatic carbocycles. The van der Waals surface area contributed by atoms with Gasteiger partial charge in [0.05, 0.1) is 19.4 Å². The molecular formula is C14H20N4O3. The van der Waals surface area contributed by atoms with Gasteiger partial charge in [0.15, 0.2) is 11.6 Å². The molecule has 2 aromatic rings. The molecule has 0 aliphatic carbocycles. The van der Waals surface area contributed by atoms with Crippen LogP contribution in [0.25, 0.3) is 0 Å². The van der Waals surface area contributed by atoms with Crippen LogP contribution in [-0.4, -0.2) is 23.7 Å². The number of nitrogens with one attached hydrogen (secondary N) is 1. The Balaban J connectivity index is 2.18. The van der Waals surface area contributed by atoms with E-state index in [0.29, 0.717) is 36.4 Å². The molecule has 0 atom stereocenters. The molecule has 21 heavy (non-hydrogen) atoms. The molecule has 2 aromatic heterocycles. The first-order valence-corrected chi connectivity index (χ1v) is 6.79. The molecule has 0 saturated carbocycles. The molecule has 2 heterocycles. The third-order valence-electron chi connectivity index (χ3n) is 2.68. The minimum absolute atomic E-state index is 0.290. The Hall–Kier alpha value is -2.28. The Bertz CT molecular complexity index is 558. The van der Waals surface area contributed by atoms with Crippen LogP contribution in [0.3, 0.4) is 0 Å². The highest BCUT2D eigenvalue weighted by Crippen LogP contribution is 2.27. The van der Waals surface area contributed by atoms with Crippen molar-refractivity contribution in [2.24, 2.45) is 0 Å². The molecule has 0 bridgehead atoms. The van der Waals surface area contributed by atoms with E-state index >= 15 is 0 Å². The largest absolute Gasteiger partial charge is 0.476 e. The Labute approximate surface area is 123 Å². The molecule has 7 nitrogen and oxygen atoms in total. The normalized spacial score (nSPS) is 10.6. The van der Waals surface area contributed by atoms with Crippen molar-refractivity contribution < 1.29 is 13.9 Å². The van der Waals surface area contributed by atoms with Crippen LogP contribution in [0, 0.1) is 0 Å². The van der Waals surface area contributed by atoms with E-state index in [9.17, 15) is 0 Å². The lowest BCUT2D eigenvalue weighted by molar-refractivity contribution is 0.176. The van der Waals surface area contributed by atoms with Gasteiger partial charge in [0.25, 0.3) is 0 Å². The van der Waals surface area contributed by atoms with E-state index in [1.807, 2.05) is 19.1 Å². The van der Waals surface area contributed by atoms with Gasteiger partial charge < -0.3 is 24.9 Å². The predicted molar refractivity (Wildman–Crippen MR) is 79.0 cm³/mol. The van der Waals surface area contributed by atoms with Crippen molar-refractivity contribution in [2.75, 3.05) is 24.8 Å². The van der Waals surface area contributed by atoms with E-state index in [2.05, 4.69) is 15.3 Å². The van der Waals surface area contributed by atoms with E-state index in [-0.39, 0.29) is 6.61 Å². The van der Waals surface area contributed by atoms with Crippen LogP contribution in [0.2, 0.25) is 0 Å². The van der Waals surface area contributed by atoms with Crippen molar-refractivity contribution in [1.29, 1.82) is 0 Å². The van der Waals surface area contributed by atoms with Gasteiger partial charge in [0.1, 0.15) is 18.1 Å². The summed E-state index contributed by atoms with van der Waals surface area (Å²) in [5, 5.41) is 3.13. The molecule has 0 aliphatic heterocycles. The monoisotopic (exact) mass is 292 g/mol. The van der Waals surface area contributed by atoms with Crippen LogP contribution < -0.4 is 15.8 Å². The highest BCUT2D eigenvalue weighted by atomic mass is 16.5. The molecule has 0 fully saturated rings. The van der Waals surface area contributed by atoms with Crippen LogP contribution in [0.4, 0.5) is 11.5 Å². The summed E-state index contributed by atoms with van der Waals surface area (Å²) in [4.78, 5) is 8.59. The molecular weight excluding hydrogens is 272 g/mol. The third-order valence-corrected chi connectivity index (χ3v) is 2.68. The summed E-state index contributed by atoms with van der Waals surface area (Å²) in [6, 6.07) is 3.70. The number of hydrogen-bond donors (Lipinski definition) is 2. The lowest BCUT2D eigenvalue weighted by Crippen LogP contribution is -2.11. The Morgan fingerprint density at radius 2 is 2.24 bits per heavy atom. The summed E-state index contributed by atoms with van der Waals surface area (Å²) in [7, 11) is 1.59. The molecule has 0 unspecified atom stereocenters. The van der Waals surface area contributed by atoms with E-state index in [1.54, 1.807) is 13.4 Å². The van der Waals surface area contributed by atoms with E-state index < -0.39 is 0 Å². The number of aromatic nitrogens is 2. The fourth-order valence-electron chi connectivity index (χ4n) is 1.71. The molecule has 7 heteroatoms. The summed E-state index contributed by atoms with van der Waals surface area (Å²) in [6.45, 7) is 3.33. The number of rotatable bonds is 8. The van der Waals surface area contributed by atoms with Crippen LogP contribution in [0.15, 0.2) is 22.8 Å². The first-order chi connectivity index (χ1) is 10.2. The van der Waals surface area contributed by atoms with Gasteiger partial charge >= 0.3 is 0 Å². The highest BCUT2D eigenvalue weighted by molar-refractivity contribution is 5.66. The number of hydrogen-bond acceptors (Lipinski definition) is 7. The molecule has 3 N–H and O–H groups in total. The predicted octanol–water partition coefficient (Wildman–Crippen LogP) is 2.20. The number of methoxy groups -OCH3 is 1. The second-order valence-electron chi connectivity index (χ2n) is 4.42. The van der Waals surface area contributed by atoms with Crippen molar-refractivity contribution in [2.45, 2.75) is 26.5 Å². The lowest BCUT2D eigenvalue weighted by atomic mass is 10.4. The second kappa shape index (κ2) is 7.49. The van der Waals surface area contributed by atoms with Crippen molar-refractivity contribution in [3.63, 3.8) is 0 Å². The zero-order valence-corrected chi connectivity index (χ0v) is 12.3. The number of nitrogen functional groups attached to an aromatic ring is 1.